The van der Waals surface area contributed by atoms with Crippen LogP contribution in [0.5, 0.6) is 0 Å². The second-order valence-electron chi connectivity index (χ2n) is 2.95. The molecular weight excluding hydrogens is 180 g/mol. The molecule has 0 unspecified atom stereocenters. The number of aliphatic hydroxyl groups excluding tert-OH is 1. The molecule has 0 saturated carbocycles. The van der Waals surface area contributed by atoms with Crippen molar-refractivity contribution in [3.8, 4) is 0 Å². The Morgan fingerprint density at radius 1 is 1.58 bits per heavy atom. The summed E-state index contributed by atoms with van der Waals surface area (Å²) in [6.07, 6.45) is 1.20. The first kappa shape index (κ1) is 9.91. The van der Waals surface area contributed by atoms with E-state index in [-0.39, 0.29) is 12.6 Å². The van der Waals surface area contributed by atoms with Crippen molar-refractivity contribution in [3.05, 3.63) is 0 Å². The molecule has 1 saturated heterocycles. The topological polar surface area (TPSA) is 69.6 Å². The van der Waals surface area contributed by atoms with Crippen LogP contribution in [0.15, 0.2) is 0 Å². The van der Waals surface area contributed by atoms with E-state index < -0.39 is 10.0 Å². The van der Waals surface area contributed by atoms with Gasteiger partial charge in [-0.25, -0.2) is 8.42 Å². The number of hydrogen-bond donors (Lipinski definition) is 2. The lowest BCUT2D eigenvalue weighted by atomic mass is 10.2. The monoisotopic (exact) mass is 194 g/mol. The SMILES string of the molecule is CS(=O)(=O)N1CC(NCCO)C1. The van der Waals surface area contributed by atoms with E-state index >= 15 is 0 Å². The Kier molecular flexibility index (Phi) is 3.05. The molecule has 1 aliphatic rings. The minimum Gasteiger partial charge on any atom is -0.395 e. The lowest BCUT2D eigenvalue weighted by Gasteiger charge is -2.37. The van der Waals surface area contributed by atoms with Gasteiger partial charge in [-0.05, 0) is 0 Å². The van der Waals surface area contributed by atoms with Gasteiger partial charge in [-0.2, -0.15) is 4.31 Å². The summed E-state index contributed by atoms with van der Waals surface area (Å²) in [6, 6.07) is 0.215. The summed E-state index contributed by atoms with van der Waals surface area (Å²) in [6.45, 7) is 1.68. The average Bonchev–Trinajstić information content (AvgIpc) is 1.81. The van der Waals surface area contributed by atoms with Crippen LogP contribution in [-0.4, -0.2) is 56.4 Å². The molecule has 0 aromatic rings. The zero-order valence-corrected chi connectivity index (χ0v) is 7.84. The number of nitrogens with one attached hydrogen (secondary N) is 1. The third-order valence-corrected chi connectivity index (χ3v) is 3.10. The summed E-state index contributed by atoms with van der Waals surface area (Å²) in [7, 11) is -2.99. The Balaban J connectivity index is 2.20. The van der Waals surface area contributed by atoms with Crippen LogP contribution >= 0.6 is 0 Å². The molecule has 0 radical (unpaired) electrons. The third-order valence-electron chi connectivity index (χ3n) is 1.86. The van der Waals surface area contributed by atoms with E-state index in [0.717, 1.165) is 0 Å². The molecule has 12 heavy (non-hydrogen) atoms. The van der Waals surface area contributed by atoms with E-state index in [1.165, 1.54) is 10.6 Å². The molecule has 6 heteroatoms. The summed E-state index contributed by atoms with van der Waals surface area (Å²) in [5.74, 6) is 0. The van der Waals surface area contributed by atoms with Crippen LogP contribution in [0.25, 0.3) is 0 Å². The molecule has 0 atom stereocenters. The van der Waals surface area contributed by atoms with Gasteiger partial charge in [-0.3, -0.25) is 0 Å². The van der Waals surface area contributed by atoms with E-state index in [9.17, 15) is 8.42 Å². The summed E-state index contributed by atoms with van der Waals surface area (Å²) in [4.78, 5) is 0. The van der Waals surface area contributed by atoms with Crippen molar-refractivity contribution in [2.24, 2.45) is 0 Å². The number of hydrogen-bond acceptors (Lipinski definition) is 4. The number of sulfonamides is 1. The van der Waals surface area contributed by atoms with Crippen molar-refractivity contribution < 1.29 is 13.5 Å². The van der Waals surface area contributed by atoms with E-state index in [4.69, 9.17) is 5.11 Å². The van der Waals surface area contributed by atoms with Gasteiger partial charge in [0.1, 0.15) is 0 Å². The predicted molar refractivity (Wildman–Crippen MR) is 45.3 cm³/mol. The molecule has 1 heterocycles. The smallest absolute Gasteiger partial charge is 0.211 e. The standard InChI is InChI=1S/C6H14N2O3S/c1-12(10,11)8-4-6(5-8)7-2-3-9/h6-7,9H,2-5H2,1H3. The molecule has 0 amide bonds. The van der Waals surface area contributed by atoms with Gasteiger partial charge in [0.05, 0.1) is 12.9 Å². The first-order chi connectivity index (χ1) is 5.54. The summed E-state index contributed by atoms with van der Waals surface area (Å²) in [5.41, 5.74) is 0. The Morgan fingerprint density at radius 3 is 2.58 bits per heavy atom. The van der Waals surface area contributed by atoms with Gasteiger partial charge in [0.15, 0.2) is 0 Å². The molecular formula is C6H14N2O3S. The lowest BCUT2D eigenvalue weighted by Crippen LogP contribution is -2.59. The molecule has 2 N–H and O–H groups in total. The second-order valence-corrected chi connectivity index (χ2v) is 4.94. The van der Waals surface area contributed by atoms with Gasteiger partial charge in [-0.1, -0.05) is 0 Å². The third kappa shape index (κ3) is 2.41. The average molecular weight is 194 g/mol. The van der Waals surface area contributed by atoms with E-state index in [1.54, 1.807) is 0 Å². The van der Waals surface area contributed by atoms with Crippen LogP contribution in [0.3, 0.4) is 0 Å². The van der Waals surface area contributed by atoms with Crippen molar-refractivity contribution >= 4 is 10.0 Å². The number of aliphatic hydroxyl groups is 1. The fourth-order valence-corrected chi connectivity index (χ4v) is 2.01. The fourth-order valence-electron chi connectivity index (χ4n) is 1.11. The quantitative estimate of drug-likeness (QED) is 0.555. The normalized spacial score (nSPS) is 20.8. The van der Waals surface area contributed by atoms with Crippen molar-refractivity contribution in [1.29, 1.82) is 0 Å². The predicted octanol–water partition coefficient (Wildman–Crippen LogP) is -1.79. The molecule has 1 fully saturated rings. The van der Waals surface area contributed by atoms with Crippen molar-refractivity contribution in [2.45, 2.75) is 6.04 Å². The van der Waals surface area contributed by atoms with Crippen LogP contribution < -0.4 is 5.32 Å². The van der Waals surface area contributed by atoms with E-state index in [2.05, 4.69) is 5.32 Å². The van der Waals surface area contributed by atoms with Gasteiger partial charge >= 0.3 is 0 Å². The molecule has 0 aliphatic carbocycles. The van der Waals surface area contributed by atoms with Crippen LogP contribution in [0.1, 0.15) is 0 Å². The number of rotatable bonds is 4. The summed E-state index contributed by atoms with van der Waals surface area (Å²) in [5, 5.41) is 11.5. The molecule has 0 spiro atoms. The van der Waals surface area contributed by atoms with Gasteiger partial charge < -0.3 is 10.4 Å². The fraction of sp³-hybridized carbons (Fsp3) is 1.00. The van der Waals surface area contributed by atoms with Crippen LogP contribution in [0.4, 0.5) is 0 Å². The Labute approximate surface area is 72.4 Å². The maximum atomic E-state index is 10.9. The molecule has 72 valence electrons. The zero-order valence-electron chi connectivity index (χ0n) is 7.02. The maximum Gasteiger partial charge on any atom is 0.211 e. The maximum absolute atomic E-state index is 10.9. The lowest BCUT2D eigenvalue weighted by molar-refractivity contribution is 0.209. The van der Waals surface area contributed by atoms with Crippen molar-refractivity contribution in [2.75, 3.05) is 32.5 Å². The van der Waals surface area contributed by atoms with Gasteiger partial charge in [0, 0.05) is 25.7 Å². The van der Waals surface area contributed by atoms with Gasteiger partial charge in [-0.15, -0.1) is 0 Å². The highest BCUT2D eigenvalue weighted by Gasteiger charge is 2.32. The van der Waals surface area contributed by atoms with Crippen LogP contribution in [-0.2, 0) is 10.0 Å². The Hall–Kier alpha value is -0.170. The second kappa shape index (κ2) is 3.69. The molecule has 1 aliphatic heterocycles. The molecule has 0 aromatic heterocycles. The first-order valence-electron chi connectivity index (χ1n) is 3.83. The van der Waals surface area contributed by atoms with Crippen LogP contribution in [0, 0.1) is 0 Å². The van der Waals surface area contributed by atoms with E-state index in [1.807, 2.05) is 0 Å². The minimum atomic E-state index is -2.99. The van der Waals surface area contributed by atoms with Crippen molar-refractivity contribution in [1.82, 2.24) is 9.62 Å². The van der Waals surface area contributed by atoms with Crippen molar-refractivity contribution in [3.63, 3.8) is 0 Å². The zero-order chi connectivity index (χ0) is 9.19. The molecule has 1 rings (SSSR count). The largest absolute Gasteiger partial charge is 0.395 e. The summed E-state index contributed by atoms with van der Waals surface area (Å²) >= 11 is 0. The minimum absolute atomic E-state index is 0.0926. The molecule has 0 aromatic carbocycles. The first-order valence-corrected chi connectivity index (χ1v) is 5.68. The Morgan fingerprint density at radius 2 is 2.17 bits per heavy atom. The van der Waals surface area contributed by atoms with Gasteiger partial charge in [0.2, 0.25) is 10.0 Å². The van der Waals surface area contributed by atoms with E-state index in [0.29, 0.717) is 19.6 Å². The number of nitrogens with zero attached hydrogens (tertiary/aromatic N) is 1. The van der Waals surface area contributed by atoms with Crippen LogP contribution in [0.2, 0.25) is 0 Å². The highest BCUT2D eigenvalue weighted by atomic mass is 32.2. The molecule has 0 bridgehead atoms. The highest BCUT2D eigenvalue weighted by molar-refractivity contribution is 7.88. The van der Waals surface area contributed by atoms with Gasteiger partial charge in [0.25, 0.3) is 0 Å². The highest BCUT2D eigenvalue weighted by Crippen LogP contribution is 2.11. The molecule has 5 nitrogen and oxygen atoms in total. The Bertz CT molecular complexity index is 233. The summed E-state index contributed by atoms with van der Waals surface area (Å²) < 4.78 is 23.2.